The summed E-state index contributed by atoms with van der Waals surface area (Å²) < 4.78 is 0. The molecule has 0 aliphatic rings. The maximum Gasteiger partial charge on any atom is 0.0272 e. The van der Waals surface area contributed by atoms with Gasteiger partial charge in [-0.3, -0.25) is 0 Å². The Morgan fingerprint density at radius 1 is 1.44 bits per heavy atom. The molecule has 0 aromatic rings. The fourth-order valence-electron chi connectivity index (χ4n) is 0.584. The molecular formula is C7H18N2. The van der Waals surface area contributed by atoms with Gasteiger partial charge in [0.05, 0.1) is 0 Å². The number of rotatable bonds is 3. The van der Waals surface area contributed by atoms with Gasteiger partial charge >= 0.3 is 0 Å². The predicted octanol–water partition coefficient (Wildman–Crippen LogP) is 0.675. The Morgan fingerprint density at radius 2 is 1.89 bits per heavy atom. The second-order valence-electron chi connectivity index (χ2n) is 3.03. The van der Waals surface area contributed by atoms with Crippen LogP contribution in [-0.2, 0) is 0 Å². The highest BCUT2D eigenvalue weighted by molar-refractivity contribution is 4.78. The highest BCUT2D eigenvalue weighted by atomic mass is 15.2. The van der Waals surface area contributed by atoms with Crippen LogP contribution in [0.1, 0.15) is 20.8 Å². The van der Waals surface area contributed by atoms with E-state index < -0.39 is 0 Å². The van der Waals surface area contributed by atoms with Gasteiger partial charge in [-0.25, -0.2) is 0 Å². The van der Waals surface area contributed by atoms with Crippen LogP contribution in [0.2, 0.25) is 0 Å². The zero-order chi connectivity index (χ0) is 7.49. The third kappa shape index (κ3) is 2.33. The van der Waals surface area contributed by atoms with Crippen molar-refractivity contribution in [1.29, 1.82) is 0 Å². The molecule has 0 spiro atoms. The molecule has 0 radical (unpaired) electrons. The fourth-order valence-corrected chi connectivity index (χ4v) is 0.584. The van der Waals surface area contributed by atoms with Crippen LogP contribution < -0.4 is 5.73 Å². The quantitative estimate of drug-likeness (QED) is 0.608. The van der Waals surface area contributed by atoms with Gasteiger partial charge in [-0.05, 0) is 27.4 Å². The molecule has 0 aromatic heterocycles. The van der Waals surface area contributed by atoms with Gasteiger partial charge in [0.2, 0.25) is 0 Å². The third-order valence-corrected chi connectivity index (χ3v) is 2.01. The smallest absolute Gasteiger partial charge is 0.0272 e. The van der Waals surface area contributed by atoms with E-state index in [-0.39, 0.29) is 5.54 Å². The molecule has 0 unspecified atom stereocenters. The van der Waals surface area contributed by atoms with Gasteiger partial charge in [-0.2, -0.15) is 0 Å². The van der Waals surface area contributed by atoms with E-state index in [4.69, 9.17) is 5.73 Å². The largest absolute Gasteiger partial charge is 0.329 e. The van der Waals surface area contributed by atoms with Gasteiger partial charge in [0.1, 0.15) is 0 Å². The van der Waals surface area contributed by atoms with E-state index in [9.17, 15) is 0 Å². The SMILES string of the molecule is CCN(C)C(C)(C)CN. The van der Waals surface area contributed by atoms with Crippen molar-refractivity contribution in [2.24, 2.45) is 5.73 Å². The molecule has 0 saturated carbocycles. The molecule has 0 aliphatic heterocycles. The molecule has 56 valence electrons. The molecular weight excluding hydrogens is 112 g/mol. The van der Waals surface area contributed by atoms with Crippen LogP contribution in [0.25, 0.3) is 0 Å². The molecule has 2 N–H and O–H groups in total. The third-order valence-electron chi connectivity index (χ3n) is 2.01. The lowest BCUT2D eigenvalue weighted by atomic mass is 10.0. The summed E-state index contributed by atoms with van der Waals surface area (Å²) in [6, 6.07) is 0. The number of hydrogen-bond acceptors (Lipinski definition) is 2. The van der Waals surface area contributed by atoms with Crippen molar-refractivity contribution in [3.8, 4) is 0 Å². The van der Waals surface area contributed by atoms with E-state index in [0.717, 1.165) is 13.1 Å². The van der Waals surface area contributed by atoms with E-state index in [1.165, 1.54) is 0 Å². The minimum atomic E-state index is 0.161. The van der Waals surface area contributed by atoms with Crippen molar-refractivity contribution in [2.75, 3.05) is 20.1 Å². The summed E-state index contributed by atoms with van der Waals surface area (Å²) >= 11 is 0. The molecule has 0 aliphatic carbocycles. The summed E-state index contributed by atoms with van der Waals surface area (Å²) in [6.07, 6.45) is 0. The Morgan fingerprint density at radius 3 is 2.00 bits per heavy atom. The minimum Gasteiger partial charge on any atom is -0.329 e. The molecule has 0 amide bonds. The zero-order valence-corrected chi connectivity index (χ0v) is 6.94. The topological polar surface area (TPSA) is 29.3 Å². The summed E-state index contributed by atoms with van der Waals surface area (Å²) in [5, 5.41) is 0. The van der Waals surface area contributed by atoms with Crippen molar-refractivity contribution in [1.82, 2.24) is 4.90 Å². The lowest BCUT2D eigenvalue weighted by molar-refractivity contribution is 0.173. The Labute approximate surface area is 58.0 Å². The highest BCUT2D eigenvalue weighted by Gasteiger charge is 2.18. The Hall–Kier alpha value is -0.0800. The van der Waals surface area contributed by atoms with Gasteiger partial charge in [0.25, 0.3) is 0 Å². The number of nitrogens with two attached hydrogens (primary N) is 1. The maximum atomic E-state index is 5.54. The molecule has 9 heavy (non-hydrogen) atoms. The zero-order valence-electron chi connectivity index (χ0n) is 6.94. The van der Waals surface area contributed by atoms with Gasteiger partial charge < -0.3 is 10.6 Å². The van der Waals surface area contributed by atoms with Crippen LogP contribution in [0.15, 0.2) is 0 Å². The summed E-state index contributed by atoms with van der Waals surface area (Å²) in [7, 11) is 2.09. The summed E-state index contributed by atoms with van der Waals surface area (Å²) in [6.45, 7) is 8.21. The van der Waals surface area contributed by atoms with Crippen LogP contribution in [0, 0.1) is 0 Å². The van der Waals surface area contributed by atoms with E-state index in [1.807, 2.05) is 0 Å². The Bertz CT molecular complexity index is 79.0. The second kappa shape index (κ2) is 3.18. The van der Waals surface area contributed by atoms with E-state index in [1.54, 1.807) is 0 Å². The first kappa shape index (κ1) is 8.92. The summed E-state index contributed by atoms with van der Waals surface area (Å²) in [4.78, 5) is 2.24. The molecule has 0 saturated heterocycles. The molecule has 0 bridgehead atoms. The average molecular weight is 130 g/mol. The van der Waals surface area contributed by atoms with Crippen LogP contribution >= 0.6 is 0 Å². The lowest BCUT2D eigenvalue weighted by Crippen LogP contribution is -2.46. The fraction of sp³-hybridized carbons (Fsp3) is 1.00. The average Bonchev–Trinajstić information content (AvgIpc) is 1.86. The van der Waals surface area contributed by atoms with Gasteiger partial charge in [0.15, 0.2) is 0 Å². The minimum absolute atomic E-state index is 0.161. The summed E-state index contributed by atoms with van der Waals surface area (Å²) in [5.74, 6) is 0. The monoisotopic (exact) mass is 130 g/mol. The summed E-state index contributed by atoms with van der Waals surface area (Å²) in [5.41, 5.74) is 5.70. The molecule has 0 heterocycles. The molecule has 0 atom stereocenters. The number of hydrogen-bond donors (Lipinski definition) is 1. The van der Waals surface area contributed by atoms with Gasteiger partial charge in [-0.15, -0.1) is 0 Å². The Kier molecular flexibility index (Phi) is 3.15. The number of nitrogens with zero attached hydrogens (tertiary/aromatic N) is 1. The van der Waals surface area contributed by atoms with Crippen molar-refractivity contribution in [2.45, 2.75) is 26.3 Å². The molecule has 2 nitrogen and oxygen atoms in total. The van der Waals surface area contributed by atoms with E-state index >= 15 is 0 Å². The molecule has 0 aromatic carbocycles. The predicted molar refractivity (Wildman–Crippen MR) is 41.4 cm³/mol. The molecule has 0 rings (SSSR count). The van der Waals surface area contributed by atoms with Crippen LogP contribution in [-0.4, -0.2) is 30.6 Å². The van der Waals surface area contributed by atoms with Crippen LogP contribution in [0.3, 0.4) is 0 Å². The van der Waals surface area contributed by atoms with Crippen molar-refractivity contribution < 1.29 is 0 Å². The first-order chi connectivity index (χ1) is 4.04. The standard InChI is InChI=1S/C7H18N2/c1-5-9(4)7(2,3)6-8/h5-6,8H2,1-4H3. The van der Waals surface area contributed by atoms with Gasteiger partial charge in [-0.1, -0.05) is 6.92 Å². The second-order valence-corrected chi connectivity index (χ2v) is 3.03. The highest BCUT2D eigenvalue weighted by Crippen LogP contribution is 2.07. The normalized spacial score (nSPS) is 12.7. The molecule has 0 fully saturated rings. The first-order valence-corrected chi connectivity index (χ1v) is 3.46. The molecule has 2 heteroatoms. The van der Waals surface area contributed by atoms with Crippen molar-refractivity contribution in [3.63, 3.8) is 0 Å². The number of likely N-dealkylation sites (N-methyl/N-ethyl adjacent to an activating group) is 1. The van der Waals surface area contributed by atoms with Crippen LogP contribution in [0.4, 0.5) is 0 Å². The van der Waals surface area contributed by atoms with E-state index in [2.05, 4.69) is 32.7 Å². The first-order valence-electron chi connectivity index (χ1n) is 3.46. The van der Waals surface area contributed by atoms with Crippen molar-refractivity contribution in [3.05, 3.63) is 0 Å². The van der Waals surface area contributed by atoms with Gasteiger partial charge in [0, 0.05) is 12.1 Å². The lowest BCUT2D eigenvalue weighted by Gasteiger charge is -2.33. The Balaban J connectivity index is 3.80. The maximum absolute atomic E-state index is 5.54. The van der Waals surface area contributed by atoms with Crippen LogP contribution in [0.5, 0.6) is 0 Å². The van der Waals surface area contributed by atoms with E-state index in [0.29, 0.717) is 0 Å². The van der Waals surface area contributed by atoms with Crippen molar-refractivity contribution >= 4 is 0 Å².